The van der Waals surface area contributed by atoms with Gasteiger partial charge in [-0.3, -0.25) is 0 Å². The second-order valence-electron chi connectivity index (χ2n) is 11.2. The Hall–Kier alpha value is -3.56. The molecule has 0 radical (unpaired) electrons. The molecule has 3 aromatic rings. The number of hydrogen-bond acceptors (Lipinski definition) is 6. The van der Waals surface area contributed by atoms with Crippen LogP contribution in [0.3, 0.4) is 0 Å². The zero-order chi connectivity index (χ0) is 34.1. The summed E-state index contributed by atoms with van der Waals surface area (Å²) in [6.45, 7) is 5.75. The lowest BCUT2D eigenvalue weighted by Crippen LogP contribution is -2.34. The molecule has 0 spiro atoms. The second-order valence-corrected chi connectivity index (χ2v) is 11.6. The minimum absolute atomic E-state index is 0.0267. The van der Waals surface area contributed by atoms with Gasteiger partial charge in [-0.15, -0.1) is 0 Å². The molecule has 0 aliphatic rings. The maximum Gasteiger partial charge on any atom is 0.425 e. The molecule has 10 heteroatoms. The summed E-state index contributed by atoms with van der Waals surface area (Å²) >= 11 is 6.19. The fourth-order valence-corrected chi connectivity index (χ4v) is 5.09. The summed E-state index contributed by atoms with van der Waals surface area (Å²) in [6.07, 6.45) is 1.21. The standard InChI is InChI=1S/C37H44ClF3O6/c1-3-5-6-7-8-12-25-45-30-20-18-28(19-21-30)27-14-16-29(17-15-27)35(42)46-31-22-23-32(33(38)26-31)36(43)47-34(37(39,40)41)13-10-9-11-24-44-4-2/h14-23,26,34H,3-13,24-25H2,1-2H3. The summed E-state index contributed by atoms with van der Waals surface area (Å²) in [7, 11) is 0. The van der Waals surface area contributed by atoms with E-state index in [2.05, 4.69) is 6.92 Å². The number of ether oxygens (including phenoxy) is 4. The molecule has 1 unspecified atom stereocenters. The SMILES string of the molecule is CCCCCCCCOc1ccc(-c2ccc(C(=O)Oc3ccc(C(=O)OC(CCCCCOCC)C(F)(F)F)c(Cl)c3)cc2)cc1. The van der Waals surface area contributed by atoms with Crippen molar-refractivity contribution in [3.05, 3.63) is 82.9 Å². The first-order chi connectivity index (χ1) is 22.6. The van der Waals surface area contributed by atoms with E-state index in [0.29, 0.717) is 32.7 Å². The van der Waals surface area contributed by atoms with Gasteiger partial charge in [0, 0.05) is 19.3 Å². The average Bonchev–Trinajstić information content (AvgIpc) is 3.05. The third-order valence-electron chi connectivity index (χ3n) is 7.52. The number of halogens is 4. The smallest absolute Gasteiger partial charge is 0.425 e. The van der Waals surface area contributed by atoms with Gasteiger partial charge in [-0.2, -0.15) is 13.2 Å². The molecular weight excluding hydrogens is 633 g/mol. The Morgan fingerprint density at radius 1 is 0.723 bits per heavy atom. The number of alkyl halides is 3. The van der Waals surface area contributed by atoms with E-state index in [0.717, 1.165) is 23.3 Å². The van der Waals surface area contributed by atoms with Crippen LogP contribution in [-0.2, 0) is 9.47 Å². The van der Waals surface area contributed by atoms with Crippen LogP contribution in [0.25, 0.3) is 11.1 Å². The zero-order valence-corrected chi connectivity index (χ0v) is 27.8. The Kier molecular flexibility index (Phi) is 16.1. The van der Waals surface area contributed by atoms with Gasteiger partial charge in [0.05, 0.1) is 22.8 Å². The number of carbonyl (C=O) groups is 2. The molecule has 0 N–H and O–H groups in total. The van der Waals surface area contributed by atoms with Gasteiger partial charge < -0.3 is 18.9 Å². The van der Waals surface area contributed by atoms with Gasteiger partial charge in [0.25, 0.3) is 0 Å². The number of rotatable bonds is 20. The molecule has 1 atom stereocenters. The largest absolute Gasteiger partial charge is 0.494 e. The van der Waals surface area contributed by atoms with Crippen molar-refractivity contribution in [3.8, 4) is 22.6 Å². The predicted octanol–water partition coefficient (Wildman–Crippen LogP) is 10.7. The van der Waals surface area contributed by atoms with Crippen LogP contribution in [0.5, 0.6) is 11.5 Å². The fourth-order valence-electron chi connectivity index (χ4n) is 4.84. The van der Waals surface area contributed by atoms with Gasteiger partial charge >= 0.3 is 18.1 Å². The van der Waals surface area contributed by atoms with Crippen molar-refractivity contribution in [2.24, 2.45) is 0 Å². The summed E-state index contributed by atoms with van der Waals surface area (Å²) in [4.78, 5) is 25.3. The van der Waals surface area contributed by atoms with Crippen LogP contribution >= 0.6 is 11.6 Å². The van der Waals surface area contributed by atoms with E-state index in [4.69, 9.17) is 30.5 Å². The summed E-state index contributed by atoms with van der Waals surface area (Å²) in [6, 6.07) is 18.3. The van der Waals surface area contributed by atoms with E-state index < -0.39 is 24.2 Å². The van der Waals surface area contributed by atoms with Crippen molar-refractivity contribution in [1.29, 1.82) is 0 Å². The molecule has 256 valence electrons. The molecule has 0 heterocycles. The summed E-state index contributed by atoms with van der Waals surface area (Å²) in [5.41, 5.74) is 1.87. The number of carbonyl (C=O) groups excluding carboxylic acids is 2. The highest BCUT2D eigenvalue weighted by Gasteiger charge is 2.42. The van der Waals surface area contributed by atoms with Crippen LogP contribution in [-0.4, -0.2) is 44.0 Å². The Bertz CT molecular complexity index is 1380. The van der Waals surface area contributed by atoms with E-state index >= 15 is 0 Å². The zero-order valence-electron chi connectivity index (χ0n) is 27.1. The van der Waals surface area contributed by atoms with Crippen molar-refractivity contribution in [3.63, 3.8) is 0 Å². The summed E-state index contributed by atoms with van der Waals surface area (Å²) in [5, 5.41) is -0.201. The van der Waals surface area contributed by atoms with Gasteiger partial charge in [-0.05, 0) is 80.1 Å². The van der Waals surface area contributed by atoms with Gasteiger partial charge in [0.15, 0.2) is 6.10 Å². The number of unbranched alkanes of at least 4 members (excludes halogenated alkanes) is 7. The van der Waals surface area contributed by atoms with Gasteiger partial charge in [0.1, 0.15) is 11.5 Å². The monoisotopic (exact) mass is 676 g/mol. The predicted molar refractivity (Wildman–Crippen MR) is 177 cm³/mol. The van der Waals surface area contributed by atoms with E-state index in [1.165, 1.54) is 50.3 Å². The van der Waals surface area contributed by atoms with Crippen molar-refractivity contribution in [1.82, 2.24) is 0 Å². The lowest BCUT2D eigenvalue weighted by atomic mass is 10.0. The quantitative estimate of drug-likeness (QED) is 0.0674. The Morgan fingerprint density at radius 2 is 1.32 bits per heavy atom. The second kappa shape index (κ2) is 20.0. The molecule has 0 saturated carbocycles. The van der Waals surface area contributed by atoms with Crippen molar-refractivity contribution < 1.29 is 41.7 Å². The highest BCUT2D eigenvalue weighted by Crippen LogP contribution is 2.30. The third-order valence-corrected chi connectivity index (χ3v) is 7.83. The fraction of sp³-hybridized carbons (Fsp3) is 0.459. The highest BCUT2D eigenvalue weighted by molar-refractivity contribution is 6.33. The lowest BCUT2D eigenvalue weighted by Gasteiger charge is -2.21. The molecular formula is C37H44ClF3O6. The lowest BCUT2D eigenvalue weighted by molar-refractivity contribution is -0.206. The van der Waals surface area contributed by atoms with E-state index in [1.807, 2.05) is 31.2 Å². The van der Waals surface area contributed by atoms with Gasteiger partial charge in [0.2, 0.25) is 0 Å². The van der Waals surface area contributed by atoms with Crippen LogP contribution in [0.2, 0.25) is 5.02 Å². The first kappa shape index (κ1) is 37.9. The third kappa shape index (κ3) is 13.2. The average molecular weight is 677 g/mol. The first-order valence-corrected chi connectivity index (χ1v) is 16.7. The topological polar surface area (TPSA) is 71.1 Å². The van der Waals surface area contributed by atoms with Crippen molar-refractivity contribution >= 4 is 23.5 Å². The number of esters is 2. The van der Waals surface area contributed by atoms with E-state index in [9.17, 15) is 22.8 Å². The van der Waals surface area contributed by atoms with Crippen LogP contribution in [0.1, 0.15) is 98.8 Å². The molecule has 0 saturated heterocycles. The maximum atomic E-state index is 13.5. The summed E-state index contributed by atoms with van der Waals surface area (Å²) in [5.74, 6) is -1.04. The Labute approximate surface area is 280 Å². The van der Waals surface area contributed by atoms with Crippen LogP contribution < -0.4 is 9.47 Å². The molecule has 0 aromatic heterocycles. The molecule has 3 rings (SSSR count). The molecule has 0 aliphatic heterocycles. The molecule has 0 amide bonds. The van der Waals surface area contributed by atoms with Crippen molar-refractivity contribution in [2.45, 2.75) is 90.3 Å². The molecule has 6 nitrogen and oxygen atoms in total. The van der Waals surface area contributed by atoms with Crippen LogP contribution in [0, 0.1) is 0 Å². The highest BCUT2D eigenvalue weighted by atomic mass is 35.5. The Morgan fingerprint density at radius 3 is 1.96 bits per heavy atom. The Balaban J connectivity index is 1.51. The van der Waals surface area contributed by atoms with E-state index in [-0.39, 0.29) is 34.7 Å². The summed E-state index contributed by atoms with van der Waals surface area (Å²) < 4.78 is 61.8. The molecule has 0 fully saturated rings. The first-order valence-electron chi connectivity index (χ1n) is 16.3. The minimum Gasteiger partial charge on any atom is -0.494 e. The van der Waals surface area contributed by atoms with Gasteiger partial charge in [-0.25, -0.2) is 9.59 Å². The molecule has 0 bridgehead atoms. The minimum atomic E-state index is -4.72. The number of benzene rings is 3. The maximum absolute atomic E-state index is 13.5. The van der Waals surface area contributed by atoms with Crippen LogP contribution in [0.15, 0.2) is 66.7 Å². The normalized spacial score (nSPS) is 12.0. The van der Waals surface area contributed by atoms with Gasteiger partial charge in [-0.1, -0.05) is 81.3 Å². The number of hydrogen-bond donors (Lipinski definition) is 0. The molecule has 0 aliphatic carbocycles. The molecule has 3 aromatic carbocycles. The van der Waals surface area contributed by atoms with Crippen LogP contribution in [0.4, 0.5) is 13.2 Å². The molecule has 47 heavy (non-hydrogen) atoms. The van der Waals surface area contributed by atoms with Crippen molar-refractivity contribution in [2.75, 3.05) is 19.8 Å². The van der Waals surface area contributed by atoms with E-state index in [1.54, 1.807) is 24.3 Å².